The molecule has 3 aromatic rings. The summed E-state index contributed by atoms with van der Waals surface area (Å²) in [5.41, 5.74) is 4.74. The third kappa shape index (κ3) is 3.27. The number of aryl methyl sites for hydroxylation is 4. The van der Waals surface area contributed by atoms with E-state index in [0.717, 1.165) is 28.1 Å². The van der Waals surface area contributed by atoms with Gasteiger partial charge in [-0.3, -0.25) is 4.79 Å². The molecule has 0 saturated heterocycles. The van der Waals surface area contributed by atoms with Gasteiger partial charge in [0.25, 0.3) is 5.78 Å². The minimum absolute atomic E-state index is 0.0934. The fourth-order valence-electron chi connectivity index (χ4n) is 2.45. The number of ketones is 1. The van der Waals surface area contributed by atoms with Crippen LogP contribution in [0.3, 0.4) is 0 Å². The number of carbonyl (C=O) groups is 1. The SMILES string of the molecule is Cc1ccc(C)c(C(=O)CSc2nc3nc(C)cc(C)n3n2)c1. The minimum Gasteiger partial charge on any atom is -0.293 e. The van der Waals surface area contributed by atoms with Gasteiger partial charge in [-0.1, -0.05) is 29.5 Å². The molecule has 5 nitrogen and oxygen atoms in total. The van der Waals surface area contributed by atoms with E-state index in [1.807, 2.05) is 52.0 Å². The molecule has 0 bridgehead atoms. The number of nitrogens with zero attached hydrogens (tertiary/aromatic N) is 4. The van der Waals surface area contributed by atoms with Crippen molar-refractivity contribution in [3.8, 4) is 0 Å². The van der Waals surface area contributed by atoms with Crippen LogP contribution in [0.1, 0.15) is 32.9 Å². The second-order valence-electron chi connectivity index (χ2n) is 5.68. The highest BCUT2D eigenvalue weighted by Gasteiger charge is 2.13. The highest BCUT2D eigenvalue weighted by Crippen LogP contribution is 2.19. The lowest BCUT2D eigenvalue weighted by atomic mass is 10.0. The van der Waals surface area contributed by atoms with Crippen LogP contribution in [0.5, 0.6) is 0 Å². The van der Waals surface area contributed by atoms with Crippen molar-refractivity contribution in [2.45, 2.75) is 32.9 Å². The zero-order valence-corrected chi connectivity index (χ0v) is 14.4. The second-order valence-corrected chi connectivity index (χ2v) is 6.62. The molecule has 2 aromatic heterocycles. The van der Waals surface area contributed by atoms with Crippen molar-refractivity contribution in [1.29, 1.82) is 0 Å². The number of thioether (sulfide) groups is 1. The third-order valence-corrected chi connectivity index (χ3v) is 4.46. The van der Waals surface area contributed by atoms with E-state index in [1.54, 1.807) is 4.52 Å². The van der Waals surface area contributed by atoms with Crippen molar-refractivity contribution in [1.82, 2.24) is 19.6 Å². The standard InChI is InChI=1S/C17H18N4OS/c1-10-5-6-11(2)14(7-10)15(22)9-23-17-19-16-18-12(3)8-13(4)21(16)20-17/h5-8H,9H2,1-4H3. The quantitative estimate of drug-likeness (QED) is 0.543. The van der Waals surface area contributed by atoms with E-state index >= 15 is 0 Å². The number of hydrogen-bond acceptors (Lipinski definition) is 5. The molecule has 6 heteroatoms. The van der Waals surface area contributed by atoms with Crippen LogP contribution < -0.4 is 0 Å². The van der Waals surface area contributed by atoms with E-state index in [2.05, 4.69) is 15.1 Å². The predicted octanol–water partition coefficient (Wildman–Crippen LogP) is 3.33. The minimum atomic E-state index is 0.0934. The first-order chi connectivity index (χ1) is 10.9. The van der Waals surface area contributed by atoms with Crippen LogP contribution >= 0.6 is 11.8 Å². The van der Waals surface area contributed by atoms with Gasteiger partial charge < -0.3 is 0 Å². The normalized spacial score (nSPS) is 11.1. The Morgan fingerprint density at radius 3 is 2.70 bits per heavy atom. The maximum Gasteiger partial charge on any atom is 0.253 e. The highest BCUT2D eigenvalue weighted by molar-refractivity contribution is 7.99. The Labute approximate surface area is 139 Å². The van der Waals surface area contributed by atoms with Gasteiger partial charge in [0.05, 0.1) is 5.75 Å². The van der Waals surface area contributed by atoms with Crippen molar-refractivity contribution in [3.63, 3.8) is 0 Å². The summed E-state index contributed by atoms with van der Waals surface area (Å²) in [6, 6.07) is 7.88. The van der Waals surface area contributed by atoms with Crippen LogP contribution in [0.2, 0.25) is 0 Å². The topological polar surface area (TPSA) is 60.2 Å². The van der Waals surface area contributed by atoms with Crippen molar-refractivity contribution in [3.05, 3.63) is 52.3 Å². The maximum absolute atomic E-state index is 12.4. The molecular formula is C17H18N4OS. The molecule has 0 aliphatic heterocycles. The molecular weight excluding hydrogens is 308 g/mol. The molecule has 0 radical (unpaired) electrons. The third-order valence-electron chi connectivity index (χ3n) is 3.62. The maximum atomic E-state index is 12.4. The summed E-state index contributed by atoms with van der Waals surface area (Å²) in [6.45, 7) is 7.84. The highest BCUT2D eigenvalue weighted by atomic mass is 32.2. The van der Waals surface area contributed by atoms with Crippen molar-refractivity contribution in [2.24, 2.45) is 0 Å². The van der Waals surface area contributed by atoms with Gasteiger partial charge in [-0.05, 0) is 45.4 Å². The Morgan fingerprint density at radius 1 is 1.13 bits per heavy atom. The van der Waals surface area contributed by atoms with E-state index in [-0.39, 0.29) is 5.78 Å². The van der Waals surface area contributed by atoms with Gasteiger partial charge in [0, 0.05) is 17.0 Å². The fourth-order valence-corrected chi connectivity index (χ4v) is 3.15. The monoisotopic (exact) mass is 326 g/mol. The van der Waals surface area contributed by atoms with E-state index in [9.17, 15) is 4.79 Å². The Hall–Kier alpha value is -2.21. The summed E-state index contributed by atoms with van der Waals surface area (Å²) < 4.78 is 1.71. The molecule has 1 aromatic carbocycles. The van der Waals surface area contributed by atoms with Gasteiger partial charge in [0.2, 0.25) is 5.16 Å². The van der Waals surface area contributed by atoms with E-state index in [4.69, 9.17) is 0 Å². The molecule has 3 rings (SSSR count). The largest absolute Gasteiger partial charge is 0.293 e. The van der Waals surface area contributed by atoms with Crippen LogP contribution in [0.25, 0.3) is 5.78 Å². The first-order valence-electron chi connectivity index (χ1n) is 7.38. The van der Waals surface area contributed by atoms with Crippen molar-refractivity contribution in [2.75, 3.05) is 5.75 Å². The molecule has 118 valence electrons. The van der Waals surface area contributed by atoms with E-state index in [1.165, 1.54) is 11.8 Å². The number of hydrogen-bond donors (Lipinski definition) is 0. The molecule has 0 amide bonds. The Morgan fingerprint density at radius 2 is 1.91 bits per heavy atom. The van der Waals surface area contributed by atoms with Gasteiger partial charge in [-0.2, -0.15) is 4.98 Å². The molecule has 0 aliphatic rings. The number of aromatic nitrogens is 4. The van der Waals surface area contributed by atoms with Gasteiger partial charge >= 0.3 is 0 Å². The lowest BCUT2D eigenvalue weighted by Crippen LogP contribution is -2.05. The molecule has 0 unspecified atom stereocenters. The zero-order valence-electron chi connectivity index (χ0n) is 13.6. The number of Topliss-reactive ketones (excluding diaryl/α,β-unsaturated/α-hetero) is 1. The fraction of sp³-hybridized carbons (Fsp3) is 0.294. The first-order valence-corrected chi connectivity index (χ1v) is 8.37. The summed E-state index contributed by atoms with van der Waals surface area (Å²) in [6.07, 6.45) is 0. The molecule has 0 N–H and O–H groups in total. The Balaban J connectivity index is 1.79. The molecule has 0 atom stereocenters. The summed E-state index contributed by atoms with van der Waals surface area (Å²) in [4.78, 5) is 21.2. The van der Waals surface area contributed by atoms with E-state index in [0.29, 0.717) is 16.7 Å². The predicted molar refractivity (Wildman–Crippen MR) is 91.2 cm³/mol. The van der Waals surface area contributed by atoms with E-state index < -0.39 is 0 Å². The molecule has 0 saturated carbocycles. The lowest BCUT2D eigenvalue weighted by Gasteiger charge is -2.05. The van der Waals surface area contributed by atoms with Gasteiger partial charge in [0.15, 0.2) is 5.78 Å². The van der Waals surface area contributed by atoms with Crippen LogP contribution in [-0.4, -0.2) is 31.1 Å². The van der Waals surface area contributed by atoms with Crippen LogP contribution in [0.15, 0.2) is 29.4 Å². The molecule has 0 spiro atoms. The molecule has 2 heterocycles. The average molecular weight is 326 g/mol. The summed E-state index contributed by atoms with van der Waals surface area (Å²) in [5.74, 6) is 0.985. The summed E-state index contributed by atoms with van der Waals surface area (Å²) >= 11 is 1.35. The number of rotatable bonds is 4. The number of carbonyl (C=O) groups excluding carboxylic acids is 1. The van der Waals surface area contributed by atoms with Crippen molar-refractivity contribution >= 4 is 23.3 Å². The first kappa shape index (κ1) is 15.7. The van der Waals surface area contributed by atoms with Gasteiger partial charge in [-0.25, -0.2) is 9.50 Å². The number of benzene rings is 1. The molecule has 23 heavy (non-hydrogen) atoms. The Bertz CT molecular complexity index is 901. The lowest BCUT2D eigenvalue weighted by molar-refractivity contribution is 0.102. The zero-order chi connectivity index (χ0) is 16.6. The van der Waals surface area contributed by atoms with Crippen LogP contribution in [-0.2, 0) is 0 Å². The van der Waals surface area contributed by atoms with Crippen LogP contribution in [0.4, 0.5) is 0 Å². The van der Waals surface area contributed by atoms with Gasteiger partial charge in [-0.15, -0.1) is 5.10 Å². The summed E-state index contributed by atoms with van der Waals surface area (Å²) in [5, 5.41) is 4.99. The molecule has 0 fully saturated rings. The molecule has 0 aliphatic carbocycles. The van der Waals surface area contributed by atoms with Crippen molar-refractivity contribution < 1.29 is 4.79 Å². The van der Waals surface area contributed by atoms with Crippen LogP contribution in [0, 0.1) is 27.7 Å². The number of fused-ring (bicyclic) bond motifs is 1. The smallest absolute Gasteiger partial charge is 0.253 e. The second kappa shape index (κ2) is 6.12. The van der Waals surface area contributed by atoms with Gasteiger partial charge in [0.1, 0.15) is 0 Å². The summed E-state index contributed by atoms with van der Waals surface area (Å²) in [7, 11) is 0. The Kier molecular flexibility index (Phi) is 4.17. The average Bonchev–Trinajstić information content (AvgIpc) is 2.90.